The fraction of sp³-hybridized carbons (Fsp3) is 0.538. The third-order valence-corrected chi connectivity index (χ3v) is 2.90. The van der Waals surface area contributed by atoms with Gasteiger partial charge in [0.05, 0.1) is 14.2 Å². The van der Waals surface area contributed by atoms with E-state index in [0.717, 1.165) is 17.9 Å². The van der Waals surface area contributed by atoms with Crippen molar-refractivity contribution >= 4 is 0 Å². The van der Waals surface area contributed by atoms with Crippen molar-refractivity contribution in [2.24, 2.45) is 5.73 Å². The van der Waals surface area contributed by atoms with Gasteiger partial charge in [0.15, 0.2) is 11.5 Å². The maximum Gasteiger partial charge on any atom is 0.164 e. The SMILES string of the molecule is CCc1ccc(OC)c(OC)c1C(C)CN. The van der Waals surface area contributed by atoms with Gasteiger partial charge in [0.25, 0.3) is 0 Å². The van der Waals surface area contributed by atoms with Gasteiger partial charge >= 0.3 is 0 Å². The zero-order chi connectivity index (χ0) is 12.1. The van der Waals surface area contributed by atoms with E-state index in [1.165, 1.54) is 11.1 Å². The summed E-state index contributed by atoms with van der Waals surface area (Å²) in [5.41, 5.74) is 8.19. The molecule has 0 aliphatic heterocycles. The molecule has 0 aliphatic carbocycles. The summed E-state index contributed by atoms with van der Waals surface area (Å²) in [5.74, 6) is 1.87. The third kappa shape index (κ3) is 2.30. The lowest BCUT2D eigenvalue weighted by molar-refractivity contribution is 0.349. The van der Waals surface area contributed by atoms with Crippen molar-refractivity contribution in [1.82, 2.24) is 0 Å². The van der Waals surface area contributed by atoms with Crippen LogP contribution in [0.25, 0.3) is 0 Å². The highest BCUT2D eigenvalue weighted by molar-refractivity contribution is 5.52. The van der Waals surface area contributed by atoms with E-state index in [9.17, 15) is 0 Å². The molecule has 1 unspecified atom stereocenters. The lowest BCUT2D eigenvalue weighted by atomic mass is 9.93. The number of ether oxygens (including phenoxy) is 2. The summed E-state index contributed by atoms with van der Waals surface area (Å²) in [6.07, 6.45) is 0.972. The molecule has 1 aromatic carbocycles. The largest absolute Gasteiger partial charge is 0.493 e. The fourth-order valence-corrected chi connectivity index (χ4v) is 1.96. The van der Waals surface area contributed by atoms with Crippen LogP contribution >= 0.6 is 0 Å². The van der Waals surface area contributed by atoms with Crippen LogP contribution in [-0.4, -0.2) is 20.8 Å². The van der Waals surface area contributed by atoms with Crippen LogP contribution in [0.1, 0.15) is 30.9 Å². The zero-order valence-corrected chi connectivity index (χ0v) is 10.5. The normalized spacial score (nSPS) is 12.3. The van der Waals surface area contributed by atoms with Crippen molar-refractivity contribution < 1.29 is 9.47 Å². The summed E-state index contributed by atoms with van der Waals surface area (Å²) in [6.45, 7) is 4.85. The molecule has 0 spiro atoms. The molecular weight excluding hydrogens is 202 g/mol. The average molecular weight is 223 g/mol. The smallest absolute Gasteiger partial charge is 0.164 e. The molecule has 1 atom stereocenters. The fourth-order valence-electron chi connectivity index (χ4n) is 1.96. The molecule has 16 heavy (non-hydrogen) atoms. The van der Waals surface area contributed by atoms with E-state index in [1.807, 2.05) is 6.07 Å². The molecule has 0 radical (unpaired) electrons. The van der Waals surface area contributed by atoms with E-state index in [0.29, 0.717) is 6.54 Å². The summed E-state index contributed by atoms with van der Waals surface area (Å²) in [4.78, 5) is 0. The number of hydrogen-bond donors (Lipinski definition) is 1. The Labute approximate surface area is 97.6 Å². The van der Waals surface area contributed by atoms with Crippen LogP contribution in [0.3, 0.4) is 0 Å². The zero-order valence-electron chi connectivity index (χ0n) is 10.5. The Morgan fingerprint density at radius 3 is 2.38 bits per heavy atom. The minimum Gasteiger partial charge on any atom is -0.493 e. The van der Waals surface area contributed by atoms with E-state index in [4.69, 9.17) is 15.2 Å². The van der Waals surface area contributed by atoms with E-state index >= 15 is 0 Å². The Morgan fingerprint density at radius 1 is 1.25 bits per heavy atom. The van der Waals surface area contributed by atoms with Crippen LogP contribution in [0, 0.1) is 0 Å². The molecule has 90 valence electrons. The van der Waals surface area contributed by atoms with Gasteiger partial charge in [0, 0.05) is 5.56 Å². The minimum absolute atomic E-state index is 0.278. The van der Waals surface area contributed by atoms with Crippen molar-refractivity contribution in [3.8, 4) is 11.5 Å². The first-order valence-corrected chi connectivity index (χ1v) is 5.63. The van der Waals surface area contributed by atoms with Crippen LogP contribution < -0.4 is 15.2 Å². The van der Waals surface area contributed by atoms with Gasteiger partial charge in [-0.15, -0.1) is 0 Å². The molecule has 3 heteroatoms. The van der Waals surface area contributed by atoms with Crippen molar-refractivity contribution in [2.45, 2.75) is 26.2 Å². The molecule has 2 N–H and O–H groups in total. The highest BCUT2D eigenvalue weighted by Gasteiger charge is 2.18. The van der Waals surface area contributed by atoms with Crippen molar-refractivity contribution in [3.63, 3.8) is 0 Å². The molecular formula is C13H21NO2. The van der Waals surface area contributed by atoms with Crippen molar-refractivity contribution in [3.05, 3.63) is 23.3 Å². The van der Waals surface area contributed by atoms with E-state index in [-0.39, 0.29) is 5.92 Å². The molecule has 1 rings (SSSR count). The summed E-state index contributed by atoms with van der Waals surface area (Å²) in [6, 6.07) is 4.03. The van der Waals surface area contributed by atoms with E-state index < -0.39 is 0 Å². The second-order valence-electron chi connectivity index (χ2n) is 3.86. The first-order valence-electron chi connectivity index (χ1n) is 5.63. The topological polar surface area (TPSA) is 44.5 Å². The van der Waals surface area contributed by atoms with Crippen molar-refractivity contribution in [2.75, 3.05) is 20.8 Å². The van der Waals surface area contributed by atoms with Gasteiger partial charge in [0.1, 0.15) is 0 Å². The van der Waals surface area contributed by atoms with Crippen LogP contribution in [0.5, 0.6) is 11.5 Å². The predicted octanol–water partition coefficient (Wildman–Crippen LogP) is 2.33. The number of aryl methyl sites for hydroxylation is 1. The molecule has 3 nitrogen and oxygen atoms in total. The van der Waals surface area contributed by atoms with Gasteiger partial charge in [0.2, 0.25) is 0 Å². The van der Waals surface area contributed by atoms with Gasteiger partial charge in [-0.2, -0.15) is 0 Å². The highest BCUT2D eigenvalue weighted by atomic mass is 16.5. The average Bonchev–Trinajstić information content (AvgIpc) is 2.35. The molecule has 0 bridgehead atoms. The number of nitrogens with two attached hydrogens (primary N) is 1. The molecule has 0 saturated carbocycles. The summed E-state index contributed by atoms with van der Waals surface area (Å²) >= 11 is 0. The molecule has 0 saturated heterocycles. The second-order valence-corrected chi connectivity index (χ2v) is 3.86. The number of benzene rings is 1. The van der Waals surface area contributed by atoms with Crippen LogP contribution in [0.4, 0.5) is 0 Å². The molecule has 1 aromatic rings. The lowest BCUT2D eigenvalue weighted by Gasteiger charge is -2.20. The van der Waals surface area contributed by atoms with Crippen molar-refractivity contribution in [1.29, 1.82) is 0 Å². The number of rotatable bonds is 5. The Morgan fingerprint density at radius 2 is 1.94 bits per heavy atom. The summed E-state index contributed by atoms with van der Waals surface area (Å²) < 4.78 is 10.8. The first kappa shape index (κ1) is 12.8. The molecule has 0 aliphatic rings. The van der Waals surface area contributed by atoms with Gasteiger partial charge in [-0.05, 0) is 30.5 Å². The highest BCUT2D eigenvalue weighted by Crippen LogP contribution is 2.37. The van der Waals surface area contributed by atoms with Crippen LogP contribution in [0.2, 0.25) is 0 Å². The van der Waals surface area contributed by atoms with Gasteiger partial charge in [-0.3, -0.25) is 0 Å². The van der Waals surface area contributed by atoms with Gasteiger partial charge in [-0.25, -0.2) is 0 Å². The Hall–Kier alpha value is -1.22. The Balaban J connectivity index is 3.36. The monoisotopic (exact) mass is 223 g/mol. The van der Waals surface area contributed by atoms with Crippen LogP contribution in [-0.2, 0) is 6.42 Å². The molecule has 0 heterocycles. The van der Waals surface area contributed by atoms with E-state index in [1.54, 1.807) is 14.2 Å². The lowest BCUT2D eigenvalue weighted by Crippen LogP contribution is -2.12. The number of methoxy groups -OCH3 is 2. The quantitative estimate of drug-likeness (QED) is 0.833. The van der Waals surface area contributed by atoms with Crippen LogP contribution in [0.15, 0.2) is 12.1 Å². The molecule has 0 fully saturated rings. The maximum absolute atomic E-state index is 5.75. The molecule has 0 aromatic heterocycles. The summed E-state index contributed by atoms with van der Waals surface area (Å²) in [7, 11) is 3.32. The van der Waals surface area contributed by atoms with Gasteiger partial charge in [-0.1, -0.05) is 19.9 Å². The number of hydrogen-bond acceptors (Lipinski definition) is 3. The second kappa shape index (κ2) is 5.75. The molecule has 0 amide bonds. The first-order chi connectivity index (χ1) is 7.69. The van der Waals surface area contributed by atoms with E-state index in [2.05, 4.69) is 19.9 Å². The summed E-state index contributed by atoms with van der Waals surface area (Å²) in [5, 5.41) is 0. The minimum atomic E-state index is 0.278. The Bertz CT molecular complexity index is 350. The third-order valence-electron chi connectivity index (χ3n) is 2.90. The van der Waals surface area contributed by atoms with Gasteiger partial charge < -0.3 is 15.2 Å². The predicted molar refractivity (Wildman–Crippen MR) is 66.4 cm³/mol. The standard InChI is InChI=1S/C13H21NO2/c1-5-10-6-7-11(15-3)13(16-4)12(10)9(2)8-14/h6-7,9H,5,8,14H2,1-4H3. The Kier molecular flexibility index (Phi) is 4.62. The maximum atomic E-state index is 5.75.